The zero-order valence-corrected chi connectivity index (χ0v) is 15.0. The van der Waals surface area contributed by atoms with Gasteiger partial charge >= 0.3 is 0 Å². The highest BCUT2D eigenvalue weighted by molar-refractivity contribution is 6.37. The molecule has 1 aliphatic heterocycles. The van der Waals surface area contributed by atoms with Gasteiger partial charge in [0.05, 0.1) is 23.4 Å². The number of rotatable bonds is 3. The Morgan fingerprint density at radius 2 is 1.60 bits per heavy atom. The fourth-order valence-corrected chi connectivity index (χ4v) is 3.22. The molecule has 0 saturated carbocycles. The maximum absolute atomic E-state index is 12.8. The molecule has 2 heterocycles. The van der Waals surface area contributed by atoms with Crippen LogP contribution in [-0.2, 0) is 0 Å². The Kier molecular flexibility index (Phi) is 5.20. The van der Waals surface area contributed by atoms with Gasteiger partial charge in [-0.15, -0.1) is 0 Å². The van der Waals surface area contributed by atoms with Crippen LogP contribution < -0.4 is 4.74 Å². The molecule has 0 atom stereocenters. The number of halogens is 2. The van der Waals surface area contributed by atoms with Crippen LogP contribution >= 0.6 is 23.2 Å². The van der Waals surface area contributed by atoms with Crippen LogP contribution in [0, 0.1) is 0 Å². The lowest BCUT2D eigenvalue weighted by atomic mass is 10.1. The molecule has 0 spiro atoms. The number of ether oxygens (including phenoxy) is 1. The molecule has 132 valence electrons. The van der Waals surface area contributed by atoms with Crippen LogP contribution in [0.15, 0.2) is 34.9 Å². The van der Waals surface area contributed by atoms with E-state index < -0.39 is 0 Å². The van der Waals surface area contributed by atoms with E-state index in [-0.39, 0.29) is 28.1 Å². The Hall–Kier alpha value is -2.18. The Morgan fingerprint density at radius 1 is 1.00 bits per heavy atom. The number of furan rings is 1. The molecule has 0 unspecified atom stereocenters. The summed E-state index contributed by atoms with van der Waals surface area (Å²) in [5.74, 6) is 0.0949. The van der Waals surface area contributed by atoms with Gasteiger partial charge in [0.15, 0.2) is 11.5 Å². The second-order valence-electron chi connectivity index (χ2n) is 5.50. The van der Waals surface area contributed by atoms with Crippen molar-refractivity contribution in [3.63, 3.8) is 0 Å². The number of hydrogen-bond donors (Lipinski definition) is 0. The predicted octanol–water partition coefficient (Wildman–Crippen LogP) is 3.19. The van der Waals surface area contributed by atoms with Crippen LogP contribution in [0.1, 0.15) is 20.9 Å². The van der Waals surface area contributed by atoms with Crippen LogP contribution in [0.4, 0.5) is 0 Å². The summed E-state index contributed by atoms with van der Waals surface area (Å²) in [5, 5.41) is 0.599. The first kappa shape index (κ1) is 17.6. The van der Waals surface area contributed by atoms with Gasteiger partial charge in [-0.1, -0.05) is 23.2 Å². The smallest absolute Gasteiger partial charge is 0.289 e. The van der Waals surface area contributed by atoms with E-state index in [9.17, 15) is 9.59 Å². The van der Waals surface area contributed by atoms with Gasteiger partial charge in [-0.25, -0.2) is 0 Å². The highest BCUT2D eigenvalue weighted by Gasteiger charge is 2.29. The molecule has 0 bridgehead atoms. The molecule has 1 saturated heterocycles. The van der Waals surface area contributed by atoms with Gasteiger partial charge in [0.1, 0.15) is 5.56 Å². The van der Waals surface area contributed by atoms with Crippen molar-refractivity contribution >= 4 is 35.0 Å². The van der Waals surface area contributed by atoms with Gasteiger partial charge in [0, 0.05) is 26.2 Å². The highest BCUT2D eigenvalue weighted by Crippen LogP contribution is 2.34. The molecule has 1 aromatic heterocycles. The summed E-state index contributed by atoms with van der Waals surface area (Å²) in [6.07, 6.45) is 1.46. The first-order valence-corrected chi connectivity index (χ1v) is 8.42. The molecular weight excluding hydrogens is 367 g/mol. The number of nitrogens with zero attached hydrogens (tertiary/aromatic N) is 2. The minimum Gasteiger partial charge on any atom is -0.494 e. The Labute approximate surface area is 154 Å². The van der Waals surface area contributed by atoms with Crippen LogP contribution in [0.25, 0.3) is 0 Å². The summed E-state index contributed by atoms with van der Waals surface area (Å²) in [4.78, 5) is 28.4. The highest BCUT2D eigenvalue weighted by atomic mass is 35.5. The van der Waals surface area contributed by atoms with E-state index in [1.807, 2.05) is 0 Å². The van der Waals surface area contributed by atoms with Crippen molar-refractivity contribution in [2.24, 2.45) is 0 Å². The lowest BCUT2D eigenvalue weighted by Gasteiger charge is -2.34. The number of carbonyl (C=O) groups is 2. The number of hydrogen-bond acceptors (Lipinski definition) is 4. The van der Waals surface area contributed by atoms with E-state index in [2.05, 4.69) is 0 Å². The van der Waals surface area contributed by atoms with E-state index in [4.69, 9.17) is 32.4 Å². The third-order valence-electron chi connectivity index (χ3n) is 4.06. The Bertz CT molecular complexity index is 784. The number of piperazine rings is 1. The molecule has 25 heavy (non-hydrogen) atoms. The Balaban J connectivity index is 1.72. The SMILES string of the molecule is COc1c(Cl)ccc(Cl)c1C(=O)N1CCN(C(=O)c2ccco2)CC1. The molecule has 3 rings (SSSR count). The number of benzene rings is 1. The fourth-order valence-electron chi connectivity index (χ4n) is 2.76. The summed E-state index contributed by atoms with van der Waals surface area (Å²) >= 11 is 12.3. The molecule has 8 heteroatoms. The van der Waals surface area contributed by atoms with Crippen LogP contribution in [0.3, 0.4) is 0 Å². The van der Waals surface area contributed by atoms with Crippen molar-refractivity contribution in [1.82, 2.24) is 9.80 Å². The molecule has 2 aromatic rings. The molecular formula is C17H16Cl2N2O4. The van der Waals surface area contributed by atoms with Crippen LogP contribution in [-0.4, -0.2) is 54.9 Å². The quantitative estimate of drug-likeness (QED) is 0.817. The van der Waals surface area contributed by atoms with Gasteiger partial charge < -0.3 is 19.0 Å². The second kappa shape index (κ2) is 7.37. The maximum Gasteiger partial charge on any atom is 0.289 e. The van der Waals surface area contributed by atoms with Crippen LogP contribution in [0.2, 0.25) is 10.0 Å². The average molecular weight is 383 g/mol. The van der Waals surface area contributed by atoms with Crippen molar-refractivity contribution in [3.05, 3.63) is 51.9 Å². The number of carbonyl (C=O) groups excluding carboxylic acids is 2. The van der Waals surface area contributed by atoms with Crippen molar-refractivity contribution in [2.75, 3.05) is 33.3 Å². The van der Waals surface area contributed by atoms with E-state index in [0.717, 1.165) is 0 Å². The maximum atomic E-state index is 12.8. The van der Waals surface area contributed by atoms with Gasteiger partial charge in [0.25, 0.3) is 11.8 Å². The summed E-state index contributed by atoms with van der Waals surface area (Å²) in [6, 6.07) is 6.44. The Morgan fingerprint density at radius 3 is 2.16 bits per heavy atom. The van der Waals surface area contributed by atoms with Gasteiger partial charge in [0.2, 0.25) is 0 Å². The minimum atomic E-state index is -0.269. The molecule has 1 fully saturated rings. The molecule has 0 aliphatic carbocycles. The zero-order valence-electron chi connectivity index (χ0n) is 13.5. The summed E-state index contributed by atoms with van der Waals surface area (Å²) in [6.45, 7) is 1.59. The topological polar surface area (TPSA) is 63.0 Å². The van der Waals surface area contributed by atoms with E-state index in [0.29, 0.717) is 37.0 Å². The molecule has 6 nitrogen and oxygen atoms in total. The van der Waals surface area contributed by atoms with Crippen molar-refractivity contribution in [1.29, 1.82) is 0 Å². The average Bonchev–Trinajstić information content (AvgIpc) is 3.17. The number of amides is 2. The molecule has 0 N–H and O–H groups in total. The number of methoxy groups -OCH3 is 1. The summed E-state index contributed by atoms with van der Waals surface area (Å²) in [7, 11) is 1.44. The minimum absolute atomic E-state index is 0.185. The molecule has 0 radical (unpaired) electrons. The van der Waals surface area contributed by atoms with E-state index in [1.165, 1.54) is 13.4 Å². The normalized spacial score (nSPS) is 14.5. The predicted molar refractivity (Wildman–Crippen MR) is 93.5 cm³/mol. The molecule has 2 amide bonds. The van der Waals surface area contributed by atoms with Crippen molar-refractivity contribution in [2.45, 2.75) is 0 Å². The van der Waals surface area contributed by atoms with Gasteiger partial charge in [-0.2, -0.15) is 0 Å². The first-order valence-electron chi connectivity index (χ1n) is 7.67. The first-order chi connectivity index (χ1) is 12.0. The standard InChI is InChI=1S/C17H16Cl2N2O4/c1-24-15-12(19)5-4-11(18)14(15)17(23)21-8-6-20(7-9-21)16(22)13-3-2-10-25-13/h2-5,10H,6-9H2,1H3. The molecule has 1 aliphatic rings. The van der Waals surface area contributed by atoms with Gasteiger partial charge in [-0.3, -0.25) is 9.59 Å². The van der Waals surface area contributed by atoms with Crippen molar-refractivity contribution in [3.8, 4) is 5.75 Å². The summed E-state index contributed by atoms with van der Waals surface area (Å²) in [5.41, 5.74) is 0.238. The second-order valence-corrected chi connectivity index (χ2v) is 6.31. The van der Waals surface area contributed by atoms with Gasteiger partial charge in [-0.05, 0) is 24.3 Å². The monoisotopic (exact) mass is 382 g/mol. The van der Waals surface area contributed by atoms with Crippen molar-refractivity contribution < 1.29 is 18.7 Å². The summed E-state index contributed by atoms with van der Waals surface area (Å²) < 4.78 is 10.4. The third kappa shape index (κ3) is 3.45. The molecule has 1 aromatic carbocycles. The largest absolute Gasteiger partial charge is 0.494 e. The van der Waals surface area contributed by atoms with E-state index in [1.54, 1.807) is 34.1 Å². The lowest BCUT2D eigenvalue weighted by Crippen LogP contribution is -2.50. The third-order valence-corrected chi connectivity index (χ3v) is 4.68. The van der Waals surface area contributed by atoms with E-state index >= 15 is 0 Å². The zero-order chi connectivity index (χ0) is 18.0. The fraction of sp³-hybridized carbons (Fsp3) is 0.294. The van der Waals surface area contributed by atoms with Crippen LogP contribution in [0.5, 0.6) is 5.75 Å². The lowest BCUT2D eigenvalue weighted by molar-refractivity contribution is 0.0516.